The summed E-state index contributed by atoms with van der Waals surface area (Å²) < 4.78 is 0. The summed E-state index contributed by atoms with van der Waals surface area (Å²) in [5.74, 6) is 0. The van der Waals surface area contributed by atoms with Gasteiger partial charge in [-0.3, -0.25) is 0 Å². The monoisotopic (exact) mass is 170 g/mol. The average Bonchev–Trinajstić information content (AvgIpc) is 2.36. The minimum Gasteiger partial charge on any atom is -0.309 e. The first kappa shape index (κ1) is 8.68. The van der Waals surface area contributed by atoms with Crippen molar-refractivity contribution in [3.63, 3.8) is 0 Å². The van der Waals surface area contributed by atoms with Crippen LogP contribution in [0.4, 0.5) is 0 Å². The summed E-state index contributed by atoms with van der Waals surface area (Å²) in [5, 5.41) is 4.37. The standard InChI is InChI=1S/C8H14N2S/c1-6-5-10-7(11-6)8(2,3)9-4/h5,9H,1-4H3. The summed E-state index contributed by atoms with van der Waals surface area (Å²) in [5.41, 5.74) is 0.0128. The van der Waals surface area contributed by atoms with Crippen LogP contribution in [0.1, 0.15) is 23.7 Å². The Morgan fingerprint density at radius 1 is 1.55 bits per heavy atom. The third-order valence-corrected chi connectivity index (χ3v) is 3.02. The highest BCUT2D eigenvalue weighted by Gasteiger charge is 2.20. The molecular weight excluding hydrogens is 156 g/mol. The normalized spacial score (nSPS) is 12.0. The molecule has 0 aromatic carbocycles. The van der Waals surface area contributed by atoms with Crippen LogP contribution < -0.4 is 5.32 Å². The van der Waals surface area contributed by atoms with Gasteiger partial charge in [0.1, 0.15) is 5.01 Å². The number of hydrogen-bond donors (Lipinski definition) is 1. The van der Waals surface area contributed by atoms with Crippen LogP contribution in [0.3, 0.4) is 0 Å². The Morgan fingerprint density at radius 2 is 2.18 bits per heavy atom. The minimum atomic E-state index is 0.0128. The van der Waals surface area contributed by atoms with Gasteiger partial charge in [-0.1, -0.05) is 0 Å². The Bertz CT molecular complexity index is 240. The predicted molar refractivity (Wildman–Crippen MR) is 48.9 cm³/mol. The van der Waals surface area contributed by atoms with Gasteiger partial charge in [-0.2, -0.15) is 0 Å². The molecule has 0 radical (unpaired) electrons. The van der Waals surface area contributed by atoms with Crippen molar-refractivity contribution >= 4 is 11.3 Å². The lowest BCUT2D eigenvalue weighted by molar-refractivity contribution is 0.442. The average molecular weight is 170 g/mol. The van der Waals surface area contributed by atoms with E-state index in [0.717, 1.165) is 5.01 Å². The van der Waals surface area contributed by atoms with Gasteiger partial charge in [-0.05, 0) is 27.8 Å². The Morgan fingerprint density at radius 3 is 2.55 bits per heavy atom. The van der Waals surface area contributed by atoms with Crippen molar-refractivity contribution in [2.75, 3.05) is 7.05 Å². The molecule has 0 saturated carbocycles. The van der Waals surface area contributed by atoms with Crippen molar-refractivity contribution in [1.29, 1.82) is 0 Å². The molecule has 1 N–H and O–H groups in total. The second-order valence-electron chi connectivity index (χ2n) is 3.15. The molecule has 62 valence electrons. The predicted octanol–water partition coefficient (Wildman–Crippen LogP) is 1.91. The zero-order chi connectivity index (χ0) is 8.48. The SMILES string of the molecule is CNC(C)(C)c1ncc(C)s1. The lowest BCUT2D eigenvalue weighted by Gasteiger charge is -2.20. The Labute approximate surface area is 71.7 Å². The van der Waals surface area contributed by atoms with Crippen LogP contribution in [0, 0.1) is 6.92 Å². The van der Waals surface area contributed by atoms with Crippen molar-refractivity contribution in [3.05, 3.63) is 16.1 Å². The smallest absolute Gasteiger partial charge is 0.112 e. The van der Waals surface area contributed by atoms with E-state index >= 15 is 0 Å². The van der Waals surface area contributed by atoms with Gasteiger partial charge in [0.15, 0.2) is 0 Å². The molecule has 0 amide bonds. The lowest BCUT2D eigenvalue weighted by Crippen LogP contribution is -2.32. The summed E-state index contributed by atoms with van der Waals surface area (Å²) in [7, 11) is 1.96. The van der Waals surface area contributed by atoms with E-state index in [9.17, 15) is 0 Å². The maximum absolute atomic E-state index is 4.31. The fraction of sp³-hybridized carbons (Fsp3) is 0.625. The van der Waals surface area contributed by atoms with E-state index in [2.05, 4.69) is 31.1 Å². The number of nitrogens with one attached hydrogen (secondary N) is 1. The van der Waals surface area contributed by atoms with Crippen molar-refractivity contribution in [3.8, 4) is 0 Å². The van der Waals surface area contributed by atoms with Crippen molar-refractivity contribution in [2.24, 2.45) is 0 Å². The van der Waals surface area contributed by atoms with E-state index in [0.29, 0.717) is 0 Å². The Balaban J connectivity index is 2.92. The number of nitrogens with zero attached hydrogens (tertiary/aromatic N) is 1. The maximum atomic E-state index is 4.31. The van der Waals surface area contributed by atoms with Crippen LogP contribution in [-0.4, -0.2) is 12.0 Å². The van der Waals surface area contributed by atoms with Crippen LogP contribution in [0.25, 0.3) is 0 Å². The van der Waals surface area contributed by atoms with E-state index in [1.165, 1.54) is 4.88 Å². The Hall–Kier alpha value is -0.410. The molecule has 2 nitrogen and oxygen atoms in total. The zero-order valence-electron chi connectivity index (χ0n) is 7.43. The van der Waals surface area contributed by atoms with Gasteiger partial charge < -0.3 is 5.32 Å². The van der Waals surface area contributed by atoms with E-state index < -0.39 is 0 Å². The van der Waals surface area contributed by atoms with E-state index in [-0.39, 0.29) is 5.54 Å². The highest BCUT2D eigenvalue weighted by molar-refractivity contribution is 7.11. The first-order chi connectivity index (χ1) is 5.06. The van der Waals surface area contributed by atoms with Crippen molar-refractivity contribution < 1.29 is 0 Å². The van der Waals surface area contributed by atoms with E-state index in [1.54, 1.807) is 11.3 Å². The van der Waals surface area contributed by atoms with Gasteiger partial charge in [0.2, 0.25) is 0 Å². The van der Waals surface area contributed by atoms with Crippen LogP contribution in [0.2, 0.25) is 0 Å². The van der Waals surface area contributed by atoms with Gasteiger partial charge in [0, 0.05) is 11.1 Å². The van der Waals surface area contributed by atoms with Crippen molar-refractivity contribution in [1.82, 2.24) is 10.3 Å². The number of aryl methyl sites for hydroxylation is 1. The largest absolute Gasteiger partial charge is 0.309 e. The number of thiazole rings is 1. The molecule has 1 aromatic heterocycles. The molecule has 1 rings (SSSR count). The lowest BCUT2D eigenvalue weighted by atomic mass is 10.1. The van der Waals surface area contributed by atoms with Gasteiger partial charge in [-0.25, -0.2) is 4.98 Å². The second kappa shape index (κ2) is 2.91. The summed E-state index contributed by atoms with van der Waals surface area (Å²) in [4.78, 5) is 5.58. The topological polar surface area (TPSA) is 24.9 Å². The van der Waals surface area contributed by atoms with Gasteiger partial charge in [-0.15, -0.1) is 11.3 Å². The minimum absolute atomic E-state index is 0.0128. The molecule has 0 aliphatic rings. The second-order valence-corrected chi connectivity index (χ2v) is 4.39. The fourth-order valence-corrected chi connectivity index (χ4v) is 1.62. The van der Waals surface area contributed by atoms with Crippen molar-refractivity contribution in [2.45, 2.75) is 26.3 Å². The molecule has 0 bridgehead atoms. The van der Waals surface area contributed by atoms with Gasteiger partial charge in [0.05, 0.1) is 5.54 Å². The molecule has 0 fully saturated rings. The maximum Gasteiger partial charge on any atom is 0.112 e. The molecule has 0 aliphatic carbocycles. The number of hydrogen-bond acceptors (Lipinski definition) is 3. The molecular formula is C8H14N2S. The Kier molecular flexibility index (Phi) is 2.30. The molecule has 11 heavy (non-hydrogen) atoms. The van der Waals surface area contributed by atoms with E-state index in [1.807, 2.05) is 13.2 Å². The fourth-order valence-electron chi connectivity index (χ4n) is 0.751. The quantitative estimate of drug-likeness (QED) is 0.733. The highest BCUT2D eigenvalue weighted by atomic mass is 32.1. The first-order valence-corrected chi connectivity index (χ1v) is 4.50. The van der Waals surface area contributed by atoms with Gasteiger partial charge in [0.25, 0.3) is 0 Å². The summed E-state index contributed by atoms with van der Waals surface area (Å²) in [6.07, 6.45) is 1.92. The van der Waals surface area contributed by atoms with Crippen LogP contribution in [-0.2, 0) is 5.54 Å². The molecule has 1 aromatic rings. The zero-order valence-corrected chi connectivity index (χ0v) is 8.25. The first-order valence-electron chi connectivity index (χ1n) is 3.68. The third-order valence-electron chi connectivity index (χ3n) is 1.78. The molecule has 3 heteroatoms. The van der Waals surface area contributed by atoms with E-state index in [4.69, 9.17) is 0 Å². The third kappa shape index (κ3) is 1.79. The van der Waals surface area contributed by atoms with Crippen LogP contribution in [0.5, 0.6) is 0 Å². The number of rotatable bonds is 2. The summed E-state index contributed by atoms with van der Waals surface area (Å²) in [6.45, 7) is 6.34. The number of aromatic nitrogens is 1. The summed E-state index contributed by atoms with van der Waals surface area (Å²) in [6, 6.07) is 0. The molecule has 0 unspecified atom stereocenters. The molecule has 0 atom stereocenters. The highest BCUT2D eigenvalue weighted by Crippen LogP contribution is 2.23. The molecule has 0 spiro atoms. The molecule has 1 heterocycles. The van der Waals surface area contributed by atoms with Crippen LogP contribution >= 0.6 is 11.3 Å². The van der Waals surface area contributed by atoms with Crippen LogP contribution in [0.15, 0.2) is 6.20 Å². The summed E-state index contributed by atoms with van der Waals surface area (Å²) >= 11 is 1.75. The molecule has 0 aliphatic heterocycles. The molecule has 0 saturated heterocycles. The van der Waals surface area contributed by atoms with Gasteiger partial charge >= 0.3 is 0 Å².